The lowest BCUT2D eigenvalue weighted by Gasteiger charge is -2.08. The summed E-state index contributed by atoms with van der Waals surface area (Å²) < 4.78 is 0. The Balaban J connectivity index is 3.63. The maximum atomic E-state index is 11.0. The highest BCUT2D eigenvalue weighted by molar-refractivity contribution is 5.85. The van der Waals surface area contributed by atoms with E-state index in [2.05, 4.69) is 5.32 Å². The SMILES string of the molecule is NC(CC(=O)O)C(=O)NCCCO. The summed E-state index contributed by atoms with van der Waals surface area (Å²) in [6.45, 7) is 0.289. The standard InChI is InChI=1S/C7H14N2O4/c8-5(4-6(11)12)7(13)9-2-1-3-10/h5,10H,1-4,8H2,(H,9,13)(H,11,12). The molecule has 0 spiro atoms. The molecule has 1 atom stereocenters. The third-order valence-electron chi connectivity index (χ3n) is 1.37. The molecule has 0 fully saturated rings. The molecule has 6 heteroatoms. The topological polar surface area (TPSA) is 113 Å². The van der Waals surface area contributed by atoms with Crippen LogP contribution in [0.4, 0.5) is 0 Å². The van der Waals surface area contributed by atoms with Gasteiger partial charge in [0.15, 0.2) is 0 Å². The second-order valence-electron chi connectivity index (χ2n) is 2.57. The number of carbonyl (C=O) groups excluding carboxylic acids is 1. The first-order valence-electron chi connectivity index (χ1n) is 3.94. The van der Waals surface area contributed by atoms with Gasteiger partial charge in [-0.3, -0.25) is 9.59 Å². The van der Waals surface area contributed by atoms with Crippen LogP contribution in [-0.4, -0.2) is 41.3 Å². The molecule has 13 heavy (non-hydrogen) atoms. The smallest absolute Gasteiger partial charge is 0.305 e. The highest BCUT2D eigenvalue weighted by Gasteiger charge is 2.15. The van der Waals surface area contributed by atoms with Crippen LogP contribution in [0.15, 0.2) is 0 Å². The minimum absolute atomic E-state index is 0.0194. The summed E-state index contributed by atoms with van der Waals surface area (Å²) in [5.74, 6) is -1.61. The van der Waals surface area contributed by atoms with Crippen molar-refractivity contribution in [2.24, 2.45) is 5.73 Å². The number of nitrogens with one attached hydrogen (secondary N) is 1. The van der Waals surface area contributed by atoms with Gasteiger partial charge in [0.25, 0.3) is 0 Å². The fourth-order valence-corrected chi connectivity index (χ4v) is 0.703. The Bertz CT molecular complexity index is 183. The molecule has 76 valence electrons. The molecular weight excluding hydrogens is 176 g/mol. The zero-order chi connectivity index (χ0) is 10.3. The van der Waals surface area contributed by atoms with Crippen molar-refractivity contribution >= 4 is 11.9 Å². The first-order valence-corrected chi connectivity index (χ1v) is 3.94. The van der Waals surface area contributed by atoms with E-state index in [4.69, 9.17) is 15.9 Å². The van der Waals surface area contributed by atoms with Crippen molar-refractivity contribution in [3.63, 3.8) is 0 Å². The monoisotopic (exact) mass is 190 g/mol. The third kappa shape index (κ3) is 6.06. The largest absolute Gasteiger partial charge is 0.481 e. The van der Waals surface area contributed by atoms with Crippen molar-refractivity contribution in [2.45, 2.75) is 18.9 Å². The highest BCUT2D eigenvalue weighted by Crippen LogP contribution is 1.88. The molecule has 0 rings (SSSR count). The van der Waals surface area contributed by atoms with Crippen molar-refractivity contribution in [2.75, 3.05) is 13.2 Å². The molecule has 0 aromatic carbocycles. The summed E-state index contributed by atoms with van der Waals surface area (Å²) in [7, 11) is 0. The number of amides is 1. The molecule has 0 aromatic rings. The zero-order valence-corrected chi connectivity index (χ0v) is 7.19. The molecule has 0 radical (unpaired) electrons. The Hall–Kier alpha value is -1.14. The van der Waals surface area contributed by atoms with E-state index in [1.807, 2.05) is 0 Å². The minimum atomic E-state index is -1.11. The van der Waals surface area contributed by atoms with Crippen LogP contribution < -0.4 is 11.1 Å². The number of aliphatic hydroxyl groups is 1. The summed E-state index contributed by atoms with van der Waals surface area (Å²) in [6, 6.07) is -1.02. The Morgan fingerprint density at radius 2 is 2.08 bits per heavy atom. The molecule has 0 aromatic heterocycles. The van der Waals surface area contributed by atoms with E-state index in [0.29, 0.717) is 13.0 Å². The first kappa shape index (κ1) is 11.9. The van der Waals surface area contributed by atoms with Gasteiger partial charge >= 0.3 is 5.97 Å². The van der Waals surface area contributed by atoms with Crippen LogP contribution in [0.5, 0.6) is 0 Å². The van der Waals surface area contributed by atoms with E-state index in [-0.39, 0.29) is 13.0 Å². The maximum Gasteiger partial charge on any atom is 0.305 e. The summed E-state index contributed by atoms with van der Waals surface area (Å²) in [5, 5.41) is 19.1. The average molecular weight is 190 g/mol. The van der Waals surface area contributed by atoms with Crippen LogP contribution in [0.3, 0.4) is 0 Å². The molecule has 0 aliphatic rings. The van der Waals surface area contributed by atoms with Crippen LogP contribution >= 0.6 is 0 Å². The van der Waals surface area contributed by atoms with E-state index in [1.165, 1.54) is 0 Å². The molecule has 5 N–H and O–H groups in total. The van der Waals surface area contributed by atoms with Gasteiger partial charge in [-0.15, -0.1) is 0 Å². The van der Waals surface area contributed by atoms with Gasteiger partial charge in [-0.25, -0.2) is 0 Å². The maximum absolute atomic E-state index is 11.0. The summed E-state index contributed by atoms with van der Waals surface area (Å²) in [4.78, 5) is 21.1. The van der Waals surface area contributed by atoms with Crippen LogP contribution in [0.25, 0.3) is 0 Å². The van der Waals surface area contributed by atoms with Gasteiger partial charge in [-0.1, -0.05) is 0 Å². The Morgan fingerprint density at radius 3 is 2.54 bits per heavy atom. The van der Waals surface area contributed by atoms with Crippen molar-refractivity contribution in [3.05, 3.63) is 0 Å². The van der Waals surface area contributed by atoms with Crippen LogP contribution in [-0.2, 0) is 9.59 Å². The fraction of sp³-hybridized carbons (Fsp3) is 0.714. The molecular formula is C7H14N2O4. The minimum Gasteiger partial charge on any atom is -0.481 e. The zero-order valence-electron chi connectivity index (χ0n) is 7.19. The van der Waals surface area contributed by atoms with Gasteiger partial charge < -0.3 is 21.3 Å². The number of carbonyl (C=O) groups is 2. The quantitative estimate of drug-likeness (QED) is 0.372. The third-order valence-corrected chi connectivity index (χ3v) is 1.37. The Labute approximate surface area is 75.7 Å². The van der Waals surface area contributed by atoms with Gasteiger partial charge in [0, 0.05) is 13.2 Å². The van der Waals surface area contributed by atoms with Crippen LogP contribution in [0, 0.1) is 0 Å². The molecule has 1 amide bonds. The van der Waals surface area contributed by atoms with Gasteiger partial charge in [0.05, 0.1) is 12.5 Å². The molecule has 0 saturated heterocycles. The van der Waals surface area contributed by atoms with Gasteiger partial charge in [-0.05, 0) is 6.42 Å². The van der Waals surface area contributed by atoms with Crippen LogP contribution in [0.1, 0.15) is 12.8 Å². The number of aliphatic carboxylic acids is 1. The normalized spacial score (nSPS) is 12.2. The lowest BCUT2D eigenvalue weighted by molar-refractivity contribution is -0.139. The van der Waals surface area contributed by atoms with E-state index in [1.54, 1.807) is 0 Å². The first-order chi connectivity index (χ1) is 6.07. The number of carboxylic acids is 1. The number of nitrogens with two attached hydrogens (primary N) is 1. The predicted molar refractivity (Wildman–Crippen MR) is 44.9 cm³/mol. The van der Waals surface area contributed by atoms with Crippen LogP contribution in [0.2, 0.25) is 0 Å². The molecule has 6 nitrogen and oxygen atoms in total. The lowest BCUT2D eigenvalue weighted by atomic mass is 10.2. The number of hydrogen-bond donors (Lipinski definition) is 4. The molecule has 0 aliphatic heterocycles. The summed E-state index contributed by atoms with van der Waals surface area (Å²) in [5.41, 5.74) is 5.25. The van der Waals surface area contributed by atoms with E-state index >= 15 is 0 Å². The van der Waals surface area contributed by atoms with Crippen molar-refractivity contribution < 1.29 is 19.8 Å². The fourth-order valence-electron chi connectivity index (χ4n) is 0.703. The Morgan fingerprint density at radius 1 is 1.46 bits per heavy atom. The van der Waals surface area contributed by atoms with E-state index in [9.17, 15) is 9.59 Å². The molecule has 0 aliphatic carbocycles. The Kier molecular flexibility index (Phi) is 5.82. The van der Waals surface area contributed by atoms with Gasteiger partial charge in [0.2, 0.25) is 5.91 Å². The number of aliphatic hydroxyl groups excluding tert-OH is 1. The second kappa shape index (κ2) is 6.38. The number of carboxylic acid groups (broad SMARTS) is 1. The summed E-state index contributed by atoms with van der Waals surface area (Å²) in [6.07, 6.45) is 0.0521. The molecule has 0 heterocycles. The van der Waals surface area contributed by atoms with E-state index < -0.39 is 17.9 Å². The van der Waals surface area contributed by atoms with E-state index in [0.717, 1.165) is 0 Å². The number of rotatable bonds is 6. The van der Waals surface area contributed by atoms with Crippen molar-refractivity contribution in [3.8, 4) is 0 Å². The number of hydrogen-bond acceptors (Lipinski definition) is 4. The molecule has 0 bridgehead atoms. The summed E-state index contributed by atoms with van der Waals surface area (Å²) >= 11 is 0. The molecule has 1 unspecified atom stereocenters. The van der Waals surface area contributed by atoms with Gasteiger partial charge in [0.1, 0.15) is 0 Å². The van der Waals surface area contributed by atoms with Crippen molar-refractivity contribution in [1.82, 2.24) is 5.32 Å². The second-order valence-corrected chi connectivity index (χ2v) is 2.57. The average Bonchev–Trinajstić information content (AvgIpc) is 2.03. The van der Waals surface area contributed by atoms with Gasteiger partial charge in [-0.2, -0.15) is 0 Å². The molecule has 0 saturated carbocycles. The lowest BCUT2D eigenvalue weighted by Crippen LogP contribution is -2.42. The highest BCUT2D eigenvalue weighted by atomic mass is 16.4. The van der Waals surface area contributed by atoms with Crippen molar-refractivity contribution in [1.29, 1.82) is 0 Å². The predicted octanol–water partition coefficient (Wildman–Crippen LogP) is -1.71.